The Morgan fingerprint density at radius 2 is 2.06 bits per heavy atom. The lowest BCUT2D eigenvalue weighted by atomic mass is 10.3. The molecule has 0 radical (unpaired) electrons. The summed E-state index contributed by atoms with van der Waals surface area (Å²) in [5, 5.41) is 0. The van der Waals surface area contributed by atoms with Crippen LogP contribution in [0.1, 0.15) is 24.4 Å². The van der Waals surface area contributed by atoms with Crippen molar-refractivity contribution in [1.82, 2.24) is 4.90 Å². The molecule has 0 aromatic carbocycles. The van der Waals surface area contributed by atoms with Crippen molar-refractivity contribution in [2.24, 2.45) is 0 Å². The topological polar surface area (TPSA) is 34.8 Å². The van der Waals surface area contributed by atoms with Crippen molar-refractivity contribution >= 4 is 0 Å². The number of hydrogen-bond donors (Lipinski definition) is 0. The smallest absolute Gasteiger partial charge is 0.158 e. The third-order valence-corrected chi connectivity index (χ3v) is 2.86. The molecule has 0 N–H and O–H groups in total. The Bertz CT molecular complexity index is 331. The Morgan fingerprint density at radius 3 is 2.71 bits per heavy atom. The van der Waals surface area contributed by atoms with E-state index in [1.807, 2.05) is 19.1 Å². The first-order chi connectivity index (χ1) is 8.24. The number of hydrogen-bond acceptors (Lipinski definition) is 4. The maximum atomic E-state index is 5.54. The molecule has 4 heteroatoms. The summed E-state index contributed by atoms with van der Waals surface area (Å²) in [5.41, 5.74) is 0. The van der Waals surface area contributed by atoms with Crippen LogP contribution in [0.15, 0.2) is 16.5 Å². The second kappa shape index (κ2) is 6.19. The summed E-state index contributed by atoms with van der Waals surface area (Å²) in [7, 11) is 2.08. The minimum Gasteiger partial charge on any atom is -0.465 e. The summed E-state index contributed by atoms with van der Waals surface area (Å²) in [6.45, 7) is 5.40. The summed E-state index contributed by atoms with van der Waals surface area (Å²) in [5.74, 6) is 1.97. The Balaban J connectivity index is 1.68. The van der Waals surface area contributed by atoms with Gasteiger partial charge in [0.05, 0.1) is 19.8 Å². The van der Waals surface area contributed by atoms with Crippen LogP contribution in [0.2, 0.25) is 0 Å². The van der Waals surface area contributed by atoms with Crippen LogP contribution in [0.25, 0.3) is 0 Å². The Hall–Kier alpha value is -0.840. The predicted molar refractivity (Wildman–Crippen MR) is 64.7 cm³/mol. The molecular weight excluding hydrogens is 218 g/mol. The van der Waals surface area contributed by atoms with Gasteiger partial charge in [0.2, 0.25) is 0 Å². The largest absolute Gasteiger partial charge is 0.465 e. The van der Waals surface area contributed by atoms with Crippen LogP contribution in [0.5, 0.6) is 0 Å². The molecule has 1 aromatic heterocycles. The van der Waals surface area contributed by atoms with E-state index < -0.39 is 0 Å². The fraction of sp³-hybridized carbons (Fsp3) is 0.692. The second-order valence-corrected chi connectivity index (χ2v) is 4.56. The van der Waals surface area contributed by atoms with E-state index in [1.165, 1.54) is 0 Å². The van der Waals surface area contributed by atoms with Gasteiger partial charge >= 0.3 is 0 Å². The molecule has 0 amide bonds. The second-order valence-electron chi connectivity index (χ2n) is 4.56. The molecule has 1 aliphatic heterocycles. The van der Waals surface area contributed by atoms with Crippen LogP contribution in [0.4, 0.5) is 0 Å². The molecule has 0 bridgehead atoms. The van der Waals surface area contributed by atoms with Crippen molar-refractivity contribution in [3.8, 4) is 0 Å². The monoisotopic (exact) mass is 239 g/mol. The molecule has 96 valence electrons. The number of ether oxygens (including phenoxy) is 2. The van der Waals surface area contributed by atoms with Gasteiger partial charge < -0.3 is 13.9 Å². The molecule has 1 saturated heterocycles. The van der Waals surface area contributed by atoms with Crippen molar-refractivity contribution in [2.45, 2.75) is 32.6 Å². The lowest BCUT2D eigenvalue weighted by molar-refractivity contribution is -0.182. The average molecular weight is 239 g/mol. The maximum absolute atomic E-state index is 5.54. The average Bonchev–Trinajstić information content (AvgIpc) is 2.73. The number of rotatable bonds is 5. The van der Waals surface area contributed by atoms with Gasteiger partial charge in [-0.3, -0.25) is 4.90 Å². The third-order valence-electron chi connectivity index (χ3n) is 2.86. The highest BCUT2D eigenvalue weighted by Crippen LogP contribution is 2.11. The molecule has 2 rings (SSSR count). The predicted octanol–water partition coefficient (Wildman–Crippen LogP) is 2.17. The van der Waals surface area contributed by atoms with Crippen LogP contribution >= 0.6 is 0 Å². The highest BCUT2D eigenvalue weighted by Gasteiger charge is 2.15. The molecule has 1 aliphatic rings. The van der Waals surface area contributed by atoms with Crippen LogP contribution < -0.4 is 0 Å². The van der Waals surface area contributed by atoms with Gasteiger partial charge in [0.25, 0.3) is 0 Å². The van der Waals surface area contributed by atoms with Crippen molar-refractivity contribution in [2.75, 3.05) is 26.8 Å². The van der Waals surface area contributed by atoms with Gasteiger partial charge in [-0.25, -0.2) is 0 Å². The van der Waals surface area contributed by atoms with E-state index in [0.717, 1.165) is 50.7 Å². The molecule has 0 aliphatic carbocycles. The quantitative estimate of drug-likeness (QED) is 0.788. The third kappa shape index (κ3) is 4.15. The number of aryl methyl sites for hydroxylation is 1. The summed E-state index contributed by atoms with van der Waals surface area (Å²) in [6, 6.07) is 4.02. The van der Waals surface area contributed by atoms with Crippen molar-refractivity contribution in [1.29, 1.82) is 0 Å². The Morgan fingerprint density at radius 1 is 1.29 bits per heavy atom. The van der Waals surface area contributed by atoms with E-state index in [4.69, 9.17) is 13.9 Å². The lowest BCUT2D eigenvalue weighted by Crippen LogP contribution is -2.29. The molecule has 0 spiro atoms. The van der Waals surface area contributed by atoms with Crippen LogP contribution in [-0.2, 0) is 16.0 Å². The highest BCUT2D eigenvalue weighted by molar-refractivity contribution is 5.05. The van der Waals surface area contributed by atoms with Gasteiger partial charge in [0.15, 0.2) is 6.29 Å². The van der Waals surface area contributed by atoms with Gasteiger partial charge in [-0.2, -0.15) is 0 Å². The fourth-order valence-corrected chi connectivity index (χ4v) is 1.94. The number of furan rings is 1. The van der Waals surface area contributed by atoms with Crippen molar-refractivity contribution in [3.63, 3.8) is 0 Å². The molecule has 17 heavy (non-hydrogen) atoms. The van der Waals surface area contributed by atoms with E-state index >= 15 is 0 Å². The van der Waals surface area contributed by atoms with Gasteiger partial charge in [-0.1, -0.05) is 0 Å². The van der Waals surface area contributed by atoms with E-state index in [2.05, 4.69) is 11.9 Å². The van der Waals surface area contributed by atoms with Crippen LogP contribution in [0, 0.1) is 6.92 Å². The lowest BCUT2D eigenvalue weighted by Gasteiger charge is -2.25. The van der Waals surface area contributed by atoms with Gasteiger partial charge in [-0.05, 0) is 32.5 Å². The molecule has 0 unspecified atom stereocenters. The van der Waals surface area contributed by atoms with Gasteiger partial charge in [0.1, 0.15) is 11.5 Å². The van der Waals surface area contributed by atoms with Crippen molar-refractivity contribution in [3.05, 3.63) is 23.7 Å². The molecule has 4 nitrogen and oxygen atoms in total. The zero-order valence-corrected chi connectivity index (χ0v) is 10.6. The van der Waals surface area contributed by atoms with Crippen molar-refractivity contribution < 1.29 is 13.9 Å². The summed E-state index contributed by atoms with van der Waals surface area (Å²) in [4.78, 5) is 2.22. The Kier molecular flexibility index (Phi) is 4.59. The van der Waals surface area contributed by atoms with E-state index in [1.54, 1.807) is 0 Å². The highest BCUT2D eigenvalue weighted by atomic mass is 16.7. The first-order valence-electron chi connectivity index (χ1n) is 6.21. The van der Waals surface area contributed by atoms with E-state index in [-0.39, 0.29) is 6.29 Å². The molecular formula is C13H21NO3. The minimum atomic E-state index is -0.0236. The molecule has 2 heterocycles. The Labute approximate surface area is 102 Å². The summed E-state index contributed by atoms with van der Waals surface area (Å²) >= 11 is 0. The number of nitrogens with zero attached hydrogens (tertiary/aromatic N) is 1. The van der Waals surface area contributed by atoms with Crippen LogP contribution in [-0.4, -0.2) is 38.0 Å². The first-order valence-corrected chi connectivity index (χ1v) is 6.21. The fourth-order valence-electron chi connectivity index (χ4n) is 1.94. The van der Waals surface area contributed by atoms with E-state index in [0.29, 0.717) is 0 Å². The normalized spacial score (nSPS) is 17.8. The van der Waals surface area contributed by atoms with Gasteiger partial charge in [0, 0.05) is 13.0 Å². The standard InChI is InChI=1S/C13H21NO3/c1-11-4-5-12(17-11)10-14(2)7-6-13-15-8-3-9-16-13/h4-5,13H,3,6-10H2,1-2H3. The maximum Gasteiger partial charge on any atom is 0.158 e. The molecule has 1 fully saturated rings. The minimum absolute atomic E-state index is 0.0236. The SMILES string of the molecule is Cc1ccc(CN(C)CCC2OCCCO2)o1. The van der Waals surface area contributed by atoms with E-state index in [9.17, 15) is 0 Å². The molecule has 1 aromatic rings. The zero-order valence-electron chi connectivity index (χ0n) is 10.6. The van der Waals surface area contributed by atoms with Crippen LogP contribution in [0.3, 0.4) is 0 Å². The summed E-state index contributed by atoms with van der Waals surface area (Å²) < 4.78 is 16.6. The molecule has 0 atom stereocenters. The molecule has 0 saturated carbocycles. The summed E-state index contributed by atoms with van der Waals surface area (Å²) in [6.07, 6.45) is 1.90. The zero-order chi connectivity index (χ0) is 12.1. The van der Waals surface area contributed by atoms with Gasteiger partial charge in [-0.15, -0.1) is 0 Å². The first kappa shape index (κ1) is 12.6.